The van der Waals surface area contributed by atoms with E-state index in [-0.39, 0.29) is 0 Å². The Morgan fingerprint density at radius 1 is 1.39 bits per heavy atom. The van der Waals surface area contributed by atoms with Crippen LogP contribution in [0.5, 0.6) is 0 Å². The quantitative estimate of drug-likeness (QED) is 0.682. The van der Waals surface area contributed by atoms with Gasteiger partial charge >= 0.3 is 0 Å². The van der Waals surface area contributed by atoms with E-state index >= 15 is 0 Å². The van der Waals surface area contributed by atoms with Crippen molar-refractivity contribution in [3.8, 4) is 0 Å². The Labute approximate surface area is 118 Å². The molecule has 1 fully saturated rings. The maximum atomic E-state index is 3.68. The molecule has 1 saturated heterocycles. The number of nitrogens with zero attached hydrogens (tertiary/aromatic N) is 1. The van der Waals surface area contributed by atoms with Crippen LogP contribution in [0.25, 0.3) is 0 Å². The van der Waals surface area contributed by atoms with Crippen molar-refractivity contribution in [1.82, 2.24) is 10.2 Å². The first kappa shape index (κ1) is 16.3. The first-order chi connectivity index (χ1) is 8.69. The smallest absolute Gasteiger partial charge is 0.00940 e. The van der Waals surface area contributed by atoms with Gasteiger partial charge in [-0.05, 0) is 57.6 Å². The largest absolute Gasteiger partial charge is 0.314 e. The van der Waals surface area contributed by atoms with Gasteiger partial charge in [-0.1, -0.05) is 13.8 Å². The van der Waals surface area contributed by atoms with Crippen molar-refractivity contribution in [2.45, 2.75) is 71.5 Å². The highest BCUT2D eigenvalue weighted by atomic mass is 32.2. The van der Waals surface area contributed by atoms with Crippen LogP contribution in [0.4, 0.5) is 0 Å². The van der Waals surface area contributed by atoms with Gasteiger partial charge in [-0.2, -0.15) is 11.8 Å². The SMILES string of the molecule is CCCNC1CCN(C(C)CCSCC)C(C)C1. The van der Waals surface area contributed by atoms with E-state index in [0.717, 1.165) is 18.1 Å². The van der Waals surface area contributed by atoms with E-state index in [1.165, 1.54) is 50.3 Å². The minimum Gasteiger partial charge on any atom is -0.314 e. The molecule has 3 unspecified atom stereocenters. The van der Waals surface area contributed by atoms with Gasteiger partial charge in [0, 0.05) is 24.7 Å². The molecule has 0 amide bonds. The number of piperidine rings is 1. The molecule has 2 nitrogen and oxygen atoms in total. The van der Waals surface area contributed by atoms with Crippen LogP contribution in [0.15, 0.2) is 0 Å². The van der Waals surface area contributed by atoms with Crippen LogP contribution in [0, 0.1) is 0 Å². The van der Waals surface area contributed by atoms with Gasteiger partial charge in [-0.25, -0.2) is 0 Å². The molecule has 0 aromatic heterocycles. The Balaban J connectivity index is 2.27. The van der Waals surface area contributed by atoms with Gasteiger partial charge in [0.25, 0.3) is 0 Å². The zero-order valence-corrected chi connectivity index (χ0v) is 13.6. The van der Waals surface area contributed by atoms with E-state index in [1.54, 1.807) is 0 Å². The summed E-state index contributed by atoms with van der Waals surface area (Å²) in [5.74, 6) is 2.57. The number of thioether (sulfide) groups is 1. The van der Waals surface area contributed by atoms with Gasteiger partial charge in [0.1, 0.15) is 0 Å². The van der Waals surface area contributed by atoms with Gasteiger partial charge in [-0.3, -0.25) is 4.90 Å². The zero-order chi connectivity index (χ0) is 13.4. The molecule has 1 aliphatic rings. The summed E-state index contributed by atoms with van der Waals surface area (Å²) in [5.41, 5.74) is 0. The average Bonchev–Trinajstić information content (AvgIpc) is 2.36. The molecule has 18 heavy (non-hydrogen) atoms. The molecule has 1 N–H and O–H groups in total. The third-order valence-electron chi connectivity index (χ3n) is 4.06. The molecule has 1 heterocycles. The second kappa shape index (κ2) is 9.22. The number of nitrogens with one attached hydrogen (secondary N) is 1. The summed E-state index contributed by atoms with van der Waals surface area (Å²) in [5, 5.41) is 3.68. The Morgan fingerprint density at radius 2 is 2.17 bits per heavy atom. The second-order valence-electron chi connectivity index (χ2n) is 5.60. The Kier molecular flexibility index (Phi) is 8.36. The summed E-state index contributed by atoms with van der Waals surface area (Å²) in [6, 6.07) is 2.26. The number of likely N-dealkylation sites (tertiary alicyclic amines) is 1. The molecule has 0 aromatic carbocycles. The average molecular weight is 273 g/mol. The maximum Gasteiger partial charge on any atom is 0.00940 e. The molecule has 1 rings (SSSR count). The lowest BCUT2D eigenvalue weighted by Gasteiger charge is -2.41. The zero-order valence-electron chi connectivity index (χ0n) is 12.7. The van der Waals surface area contributed by atoms with Gasteiger partial charge in [0.2, 0.25) is 0 Å². The molecule has 0 saturated carbocycles. The van der Waals surface area contributed by atoms with Gasteiger partial charge < -0.3 is 5.32 Å². The lowest BCUT2D eigenvalue weighted by Crippen LogP contribution is -2.50. The molecule has 3 atom stereocenters. The van der Waals surface area contributed by atoms with Crippen LogP contribution >= 0.6 is 11.8 Å². The predicted octanol–water partition coefficient (Wildman–Crippen LogP) is 3.37. The summed E-state index contributed by atoms with van der Waals surface area (Å²) < 4.78 is 0. The molecular formula is C15H32N2S. The summed E-state index contributed by atoms with van der Waals surface area (Å²) in [7, 11) is 0. The first-order valence-electron chi connectivity index (χ1n) is 7.75. The molecule has 1 aliphatic heterocycles. The fraction of sp³-hybridized carbons (Fsp3) is 1.00. The van der Waals surface area contributed by atoms with Crippen molar-refractivity contribution in [1.29, 1.82) is 0 Å². The summed E-state index contributed by atoms with van der Waals surface area (Å²) in [4.78, 5) is 2.72. The highest BCUT2D eigenvalue weighted by Crippen LogP contribution is 2.22. The van der Waals surface area contributed by atoms with E-state index < -0.39 is 0 Å². The maximum absolute atomic E-state index is 3.68. The molecule has 0 bridgehead atoms. The molecule has 3 heteroatoms. The lowest BCUT2D eigenvalue weighted by atomic mass is 9.96. The second-order valence-corrected chi connectivity index (χ2v) is 6.99. The number of hydrogen-bond acceptors (Lipinski definition) is 3. The van der Waals surface area contributed by atoms with Crippen LogP contribution in [-0.2, 0) is 0 Å². The molecule has 108 valence electrons. The highest BCUT2D eigenvalue weighted by Gasteiger charge is 2.27. The Bertz CT molecular complexity index is 211. The summed E-state index contributed by atoms with van der Waals surface area (Å²) in [6.45, 7) is 11.8. The molecule has 0 aromatic rings. The van der Waals surface area contributed by atoms with Gasteiger partial charge in [-0.15, -0.1) is 0 Å². The van der Waals surface area contributed by atoms with Crippen LogP contribution in [0.2, 0.25) is 0 Å². The lowest BCUT2D eigenvalue weighted by molar-refractivity contribution is 0.0942. The Hall–Kier alpha value is 0.270. The minimum atomic E-state index is 0.745. The van der Waals surface area contributed by atoms with Crippen molar-refractivity contribution < 1.29 is 0 Å². The fourth-order valence-corrected chi connectivity index (χ4v) is 3.74. The monoisotopic (exact) mass is 272 g/mol. The predicted molar refractivity (Wildman–Crippen MR) is 84.6 cm³/mol. The standard InChI is InChI=1S/C15H32N2S/c1-5-9-16-15-7-10-17(14(4)12-15)13(3)8-11-18-6-2/h13-16H,5-12H2,1-4H3. The van der Waals surface area contributed by atoms with E-state index in [4.69, 9.17) is 0 Å². The molecule has 0 spiro atoms. The normalized spacial score (nSPS) is 27.3. The molecule has 0 aliphatic carbocycles. The molecule has 0 radical (unpaired) electrons. The van der Waals surface area contributed by atoms with Gasteiger partial charge in [0.05, 0.1) is 0 Å². The summed E-state index contributed by atoms with van der Waals surface area (Å²) in [6.07, 6.45) is 5.25. The van der Waals surface area contributed by atoms with Crippen LogP contribution in [0.1, 0.15) is 53.4 Å². The third kappa shape index (κ3) is 5.50. The fourth-order valence-electron chi connectivity index (χ4n) is 2.94. The van der Waals surface area contributed by atoms with Crippen LogP contribution < -0.4 is 5.32 Å². The highest BCUT2D eigenvalue weighted by molar-refractivity contribution is 7.99. The molecular weight excluding hydrogens is 240 g/mol. The third-order valence-corrected chi connectivity index (χ3v) is 4.99. The first-order valence-corrected chi connectivity index (χ1v) is 8.91. The van der Waals surface area contributed by atoms with Gasteiger partial charge in [0.15, 0.2) is 0 Å². The van der Waals surface area contributed by atoms with Crippen molar-refractivity contribution >= 4 is 11.8 Å². The minimum absolute atomic E-state index is 0.745. The summed E-state index contributed by atoms with van der Waals surface area (Å²) >= 11 is 2.07. The van der Waals surface area contributed by atoms with Crippen molar-refractivity contribution in [3.05, 3.63) is 0 Å². The van der Waals surface area contributed by atoms with Crippen molar-refractivity contribution in [2.75, 3.05) is 24.6 Å². The van der Waals surface area contributed by atoms with E-state index in [0.29, 0.717) is 0 Å². The van der Waals surface area contributed by atoms with Crippen LogP contribution in [-0.4, -0.2) is 47.6 Å². The number of rotatable bonds is 8. The van der Waals surface area contributed by atoms with E-state index in [1.807, 2.05) is 0 Å². The van der Waals surface area contributed by atoms with E-state index in [2.05, 4.69) is 49.7 Å². The number of hydrogen-bond donors (Lipinski definition) is 1. The van der Waals surface area contributed by atoms with E-state index in [9.17, 15) is 0 Å². The topological polar surface area (TPSA) is 15.3 Å². The van der Waals surface area contributed by atoms with Crippen molar-refractivity contribution in [2.24, 2.45) is 0 Å². The van der Waals surface area contributed by atoms with Crippen molar-refractivity contribution in [3.63, 3.8) is 0 Å². The Morgan fingerprint density at radius 3 is 2.78 bits per heavy atom. The van der Waals surface area contributed by atoms with Crippen LogP contribution in [0.3, 0.4) is 0 Å².